The number of benzene rings is 2. The molecular formula is C31H41N5O4S. The molecule has 1 aliphatic heterocycles. The maximum atomic E-state index is 13.9. The largest absolute Gasteiger partial charge is 0.497 e. The van der Waals surface area contributed by atoms with Crippen molar-refractivity contribution in [1.82, 2.24) is 20.0 Å². The molecule has 0 radical (unpaired) electrons. The summed E-state index contributed by atoms with van der Waals surface area (Å²) >= 11 is 1.51. The second kappa shape index (κ2) is 12.6. The molecule has 1 N–H and O–H groups in total. The minimum absolute atomic E-state index is 0.108. The summed E-state index contributed by atoms with van der Waals surface area (Å²) in [6.45, 7) is 9.46. The van der Waals surface area contributed by atoms with Crippen molar-refractivity contribution in [3.05, 3.63) is 64.8 Å². The van der Waals surface area contributed by atoms with E-state index in [1.165, 1.54) is 11.8 Å². The second-order valence-corrected chi connectivity index (χ2v) is 12.6. The molecule has 0 spiro atoms. The molecule has 1 aromatic heterocycles. The van der Waals surface area contributed by atoms with Crippen molar-refractivity contribution >= 4 is 29.4 Å². The molecule has 0 unspecified atom stereocenters. The van der Waals surface area contributed by atoms with Gasteiger partial charge in [0.15, 0.2) is 0 Å². The Morgan fingerprint density at radius 2 is 1.90 bits per heavy atom. The van der Waals surface area contributed by atoms with Crippen molar-refractivity contribution in [2.24, 2.45) is 0 Å². The summed E-state index contributed by atoms with van der Waals surface area (Å²) in [6, 6.07) is 13.7. The first-order valence-corrected chi connectivity index (χ1v) is 14.7. The van der Waals surface area contributed by atoms with Crippen molar-refractivity contribution in [1.29, 1.82) is 0 Å². The molecule has 4 rings (SSSR count). The van der Waals surface area contributed by atoms with Crippen LogP contribution in [0.25, 0.3) is 5.69 Å². The lowest BCUT2D eigenvalue weighted by molar-refractivity contribution is -0.122. The van der Waals surface area contributed by atoms with E-state index in [0.29, 0.717) is 30.4 Å². The fraction of sp³-hybridized carbons (Fsp3) is 0.452. The number of hydrogen-bond acceptors (Lipinski definition) is 7. The van der Waals surface area contributed by atoms with Crippen LogP contribution >= 0.6 is 11.8 Å². The van der Waals surface area contributed by atoms with E-state index in [-0.39, 0.29) is 34.8 Å². The Morgan fingerprint density at radius 3 is 2.54 bits per heavy atom. The van der Waals surface area contributed by atoms with Crippen molar-refractivity contribution in [2.45, 2.75) is 38.4 Å². The highest BCUT2D eigenvalue weighted by Gasteiger charge is 2.40. The molecule has 2 aromatic carbocycles. The molecule has 10 heteroatoms. The van der Waals surface area contributed by atoms with Crippen LogP contribution in [-0.4, -0.2) is 80.2 Å². The summed E-state index contributed by atoms with van der Waals surface area (Å²) in [5.41, 5.74) is 4.16. The van der Waals surface area contributed by atoms with E-state index < -0.39 is 0 Å². The zero-order valence-corrected chi connectivity index (χ0v) is 26.1. The summed E-state index contributed by atoms with van der Waals surface area (Å²) in [4.78, 5) is 30.7. The number of fused-ring (bicyclic) bond motifs is 1. The van der Waals surface area contributed by atoms with E-state index in [4.69, 9.17) is 14.6 Å². The molecule has 1 aliphatic rings. The molecule has 0 bridgehead atoms. The van der Waals surface area contributed by atoms with E-state index in [0.717, 1.165) is 28.1 Å². The second-order valence-electron chi connectivity index (χ2n) is 11.5. The van der Waals surface area contributed by atoms with Crippen LogP contribution in [0.3, 0.4) is 0 Å². The molecule has 0 aliphatic carbocycles. The van der Waals surface area contributed by atoms with Gasteiger partial charge in [0.1, 0.15) is 23.9 Å². The van der Waals surface area contributed by atoms with E-state index in [2.05, 4.69) is 26.1 Å². The summed E-state index contributed by atoms with van der Waals surface area (Å²) in [6.07, 6.45) is 0. The number of nitrogens with zero attached hydrogens (tertiary/aromatic N) is 4. The number of thioether (sulfide) groups is 1. The fourth-order valence-corrected chi connectivity index (χ4v) is 6.13. The first-order valence-electron chi connectivity index (χ1n) is 13.7. The summed E-state index contributed by atoms with van der Waals surface area (Å²) in [7, 11) is 7.18. The highest BCUT2D eigenvalue weighted by Crippen LogP contribution is 2.50. The molecule has 1 atom stereocenters. The van der Waals surface area contributed by atoms with Crippen LogP contribution in [-0.2, 0) is 15.0 Å². The van der Waals surface area contributed by atoms with Gasteiger partial charge in [-0.25, -0.2) is 4.68 Å². The van der Waals surface area contributed by atoms with Crippen LogP contribution in [0, 0.1) is 6.92 Å². The van der Waals surface area contributed by atoms with Gasteiger partial charge < -0.3 is 19.7 Å². The normalized spacial score (nSPS) is 15.5. The average molecular weight is 580 g/mol. The number of nitrogens with one attached hydrogen (secondary N) is 1. The highest BCUT2D eigenvalue weighted by molar-refractivity contribution is 8.00. The van der Waals surface area contributed by atoms with Crippen LogP contribution in [0.15, 0.2) is 42.5 Å². The molecule has 41 heavy (non-hydrogen) atoms. The lowest BCUT2D eigenvalue weighted by Crippen LogP contribution is -2.43. The third-order valence-corrected chi connectivity index (χ3v) is 8.18. The molecule has 0 saturated carbocycles. The molecule has 2 heterocycles. The third kappa shape index (κ3) is 6.70. The maximum Gasteiger partial charge on any atom is 0.240 e. The van der Waals surface area contributed by atoms with Gasteiger partial charge in [-0.15, -0.1) is 11.8 Å². The van der Waals surface area contributed by atoms with Gasteiger partial charge in [0.05, 0.1) is 36.6 Å². The van der Waals surface area contributed by atoms with Crippen molar-refractivity contribution in [2.75, 3.05) is 58.6 Å². The Kier molecular flexibility index (Phi) is 9.34. The number of anilines is 1. The van der Waals surface area contributed by atoms with Gasteiger partial charge in [0, 0.05) is 29.6 Å². The first-order chi connectivity index (χ1) is 19.4. The Hall–Kier alpha value is -3.50. The Bertz CT molecular complexity index is 1410. The minimum Gasteiger partial charge on any atom is -0.497 e. The number of amides is 2. The number of carbonyl (C=O) groups excluding carboxylic acids is 2. The number of aryl methyl sites for hydroxylation is 1. The highest BCUT2D eigenvalue weighted by atomic mass is 32.2. The van der Waals surface area contributed by atoms with E-state index in [1.807, 2.05) is 73.1 Å². The van der Waals surface area contributed by atoms with E-state index in [9.17, 15) is 9.59 Å². The number of hydrogen-bond donors (Lipinski definition) is 1. The number of carbonyl (C=O) groups is 2. The lowest BCUT2D eigenvalue weighted by atomic mass is 9.87. The summed E-state index contributed by atoms with van der Waals surface area (Å²) < 4.78 is 13.2. The lowest BCUT2D eigenvalue weighted by Gasteiger charge is -2.25. The number of rotatable bonds is 9. The molecule has 3 aromatic rings. The third-order valence-electron chi connectivity index (χ3n) is 6.95. The van der Waals surface area contributed by atoms with E-state index >= 15 is 0 Å². The van der Waals surface area contributed by atoms with Crippen molar-refractivity contribution < 1.29 is 19.1 Å². The van der Waals surface area contributed by atoms with Crippen LogP contribution < -0.4 is 19.7 Å². The zero-order chi connectivity index (χ0) is 29.9. The molecule has 0 saturated heterocycles. The molecular weight excluding hydrogens is 538 g/mol. The van der Waals surface area contributed by atoms with Gasteiger partial charge in [-0.2, -0.15) is 5.10 Å². The molecule has 2 amide bonds. The minimum atomic E-state index is -0.364. The van der Waals surface area contributed by atoms with Gasteiger partial charge in [-0.05, 0) is 56.9 Å². The number of likely N-dealkylation sites (N-methyl/N-ethyl adjacent to an activating group) is 1. The van der Waals surface area contributed by atoms with Gasteiger partial charge >= 0.3 is 0 Å². The quantitative estimate of drug-likeness (QED) is 0.403. The average Bonchev–Trinajstić information content (AvgIpc) is 3.26. The van der Waals surface area contributed by atoms with Gasteiger partial charge in [0.25, 0.3) is 0 Å². The SMILES string of the molecule is COc1ccc(OC)c([C@H]2SCC(=O)N(CC(=O)NCCN(C)C)c3c2c(C(C)(C)C)nn3-c2cccc(C)c2)c1. The van der Waals surface area contributed by atoms with Crippen LogP contribution in [0.4, 0.5) is 5.82 Å². The van der Waals surface area contributed by atoms with Gasteiger partial charge in [0.2, 0.25) is 11.8 Å². The fourth-order valence-electron chi connectivity index (χ4n) is 4.92. The van der Waals surface area contributed by atoms with Crippen LogP contribution in [0.1, 0.15) is 48.4 Å². The number of ether oxygens (including phenoxy) is 2. The van der Waals surface area contributed by atoms with Crippen LogP contribution in [0.5, 0.6) is 11.5 Å². The number of methoxy groups -OCH3 is 2. The molecule has 220 valence electrons. The number of aromatic nitrogens is 2. The summed E-state index contributed by atoms with van der Waals surface area (Å²) in [5.74, 6) is 1.80. The van der Waals surface area contributed by atoms with Crippen LogP contribution in [0.2, 0.25) is 0 Å². The molecule has 0 fully saturated rings. The maximum absolute atomic E-state index is 13.9. The van der Waals surface area contributed by atoms with Crippen molar-refractivity contribution in [3.63, 3.8) is 0 Å². The monoisotopic (exact) mass is 579 g/mol. The smallest absolute Gasteiger partial charge is 0.240 e. The first kappa shape index (κ1) is 30.5. The predicted molar refractivity (Wildman–Crippen MR) is 165 cm³/mol. The Labute approximate surface area is 247 Å². The predicted octanol–water partition coefficient (Wildman–Crippen LogP) is 4.34. The summed E-state index contributed by atoms with van der Waals surface area (Å²) in [5, 5.41) is 7.84. The van der Waals surface area contributed by atoms with Crippen molar-refractivity contribution in [3.8, 4) is 17.2 Å². The Morgan fingerprint density at radius 1 is 1.15 bits per heavy atom. The standard InChI is InChI=1S/C31H41N5O4S/c1-20-10-9-11-21(16-20)36-30-27(29(33-36)31(2,3)4)28(23-17-22(39-7)12-13-24(23)40-8)41-19-26(38)35(30)18-25(37)32-14-15-34(5)6/h9-13,16-17,28H,14-15,18-19H2,1-8H3,(H,32,37)/t28-/m1/s1. The zero-order valence-electron chi connectivity index (χ0n) is 25.3. The molecule has 9 nitrogen and oxygen atoms in total. The topological polar surface area (TPSA) is 88.9 Å². The van der Waals surface area contributed by atoms with Gasteiger partial charge in [-0.3, -0.25) is 14.5 Å². The van der Waals surface area contributed by atoms with Gasteiger partial charge in [-0.1, -0.05) is 32.9 Å². The van der Waals surface area contributed by atoms with E-state index in [1.54, 1.807) is 19.1 Å². The Balaban J connectivity index is 1.98.